The fourth-order valence-electron chi connectivity index (χ4n) is 2.99. The highest BCUT2D eigenvalue weighted by molar-refractivity contribution is 5.75. The zero-order chi connectivity index (χ0) is 14.8. The molecular weight excluding hydrogens is 256 g/mol. The van der Waals surface area contributed by atoms with Crippen LogP contribution in [-0.4, -0.2) is 39.2 Å². The van der Waals surface area contributed by atoms with Crippen LogP contribution in [0.15, 0.2) is 12.1 Å². The largest absolute Gasteiger partial charge is 0.506 e. The summed E-state index contributed by atoms with van der Waals surface area (Å²) in [5.74, 6) is -0.526. The Labute approximate surface area is 119 Å². The van der Waals surface area contributed by atoms with Gasteiger partial charge in [0.15, 0.2) is 0 Å². The highest BCUT2D eigenvalue weighted by Gasteiger charge is 2.43. The van der Waals surface area contributed by atoms with Crippen molar-refractivity contribution in [3.63, 3.8) is 0 Å². The molecule has 0 saturated carbocycles. The van der Waals surface area contributed by atoms with Crippen LogP contribution in [0.2, 0.25) is 0 Å². The van der Waals surface area contributed by atoms with E-state index >= 15 is 0 Å². The molecule has 1 aromatic rings. The van der Waals surface area contributed by atoms with Gasteiger partial charge in [-0.25, -0.2) is 0 Å². The van der Waals surface area contributed by atoms with E-state index in [1.807, 2.05) is 13.8 Å². The summed E-state index contributed by atoms with van der Waals surface area (Å²) in [5, 5.41) is 19.3. The molecule has 1 atom stereocenters. The Morgan fingerprint density at radius 3 is 2.90 bits per heavy atom. The summed E-state index contributed by atoms with van der Waals surface area (Å²) in [6.45, 7) is 5.67. The smallest absolute Gasteiger partial charge is 0.310 e. The molecule has 2 N–H and O–H groups in total. The number of aromatic hydroxyl groups is 1. The van der Waals surface area contributed by atoms with Gasteiger partial charge in [0.05, 0.1) is 11.1 Å². The number of aliphatic carboxylic acids is 1. The third kappa shape index (κ3) is 2.93. The van der Waals surface area contributed by atoms with Gasteiger partial charge in [0.2, 0.25) is 0 Å². The number of carboxylic acids is 1. The predicted molar refractivity (Wildman–Crippen MR) is 75.5 cm³/mol. The molecule has 1 unspecified atom stereocenters. The Balaban J connectivity index is 2.09. The molecule has 110 valence electrons. The molecule has 1 aliphatic heterocycles. The van der Waals surface area contributed by atoms with Crippen molar-refractivity contribution in [3.05, 3.63) is 23.5 Å². The minimum atomic E-state index is -0.705. The Morgan fingerprint density at radius 2 is 2.25 bits per heavy atom. The van der Waals surface area contributed by atoms with E-state index in [0.29, 0.717) is 31.6 Å². The average molecular weight is 278 g/mol. The summed E-state index contributed by atoms with van der Waals surface area (Å²) < 4.78 is 0. The lowest BCUT2D eigenvalue weighted by Gasteiger charge is -2.24. The number of pyridine rings is 1. The van der Waals surface area contributed by atoms with Gasteiger partial charge in [0, 0.05) is 18.8 Å². The second kappa shape index (κ2) is 5.79. The molecule has 0 aliphatic carbocycles. The number of aromatic nitrogens is 1. The van der Waals surface area contributed by atoms with Crippen LogP contribution in [-0.2, 0) is 11.3 Å². The van der Waals surface area contributed by atoms with E-state index in [-0.39, 0.29) is 5.75 Å². The molecule has 1 saturated heterocycles. The summed E-state index contributed by atoms with van der Waals surface area (Å²) in [7, 11) is 0. The van der Waals surface area contributed by atoms with E-state index in [9.17, 15) is 15.0 Å². The van der Waals surface area contributed by atoms with Gasteiger partial charge in [-0.05, 0) is 38.4 Å². The summed E-state index contributed by atoms with van der Waals surface area (Å²) in [6.07, 6.45) is 2.24. The monoisotopic (exact) mass is 278 g/mol. The number of likely N-dealkylation sites (tertiary alicyclic amines) is 1. The van der Waals surface area contributed by atoms with Crippen LogP contribution < -0.4 is 0 Å². The van der Waals surface area contributed by atoms with Crippen LogP contribution in [0.1, 0.15) is 37.6 Å². The summed E-state index contributed by atoms with van der Waals surface area (Å²) in [4.78, 5) is 18.0. The number of nitrogens with zero attached hydrogens (tertiary/aromatic N) is 2. The van der Waals surface area contributed by atoms with E-state index < -0.39 is 11.4 Å². The van der Waals surface area contributed by atoms with E-state index in [0.717, 1.165) is 18.7 Å². The molecule has 1 aromatic heterocycles. The summed E-state index contributed by atoms with van der Waals surface area (Å²) in [6, 6.07) is 3.41. The second-order valence-electron chi connectivity index (χ2n) is 5.71. The van der Waals surface area contributed by atoms with Crippen LogP contribution in [0, 0.1) is 12.3 Å². The number of hydrogen-bond acceptors (Lipinski definition) is 4. The molecular formula is C15H22N2O3. The lowest BCUT2D eigenvalue weighted by molar-refractivity contribution is -0.148. The standard InChI is InChI=1S/C15H22N2O3/c1-3-6-15(14(19)20)7-8-17(10-15)9-12-13(18)5-4-11(2)16-12/h4-5,18H,3,6-10H2,1-2H3,(H,19,20). The normalized spacial score (nSPS) is 23.1. The second-order valence-corrected chi connectivity index (χ2v) is 5.71. The van der Waals surface area contributed by atoms with E-state index in [2.05, 4.69) is 9.88 Å². The van der Waals surface area contributed by atoms with Gasteiger partial charge in [-0.3, -0.25) is 14.7 Å². The molecule has 1 aliphatic rings. The molecule has 2 rings (SSSR count). The van der Waals surface area contributed by atoms with Gasteiger partial charge in [-0.2, -0.15) is 0 Å². The maximum absolute atomic E-state index is 11.5. The maximum atomic E-state index is 11.5. The fraction of sp³-hybridized carbons (Fsp3) is 0.600. The van der Waals surface area contributed by atoms with E-state index in [4.69, 9.17) is 0 Å². The highest BCUT2D eigenvalue weighted by Crippen LogP contribution is 2.36. The molecule has 0 bridgehead atoms. The molecule has 5 nitrogen and oxygen atoms in total. The van der Waals surface area contributed by atoms with Gasteiger partial charge in [-0.1, -0.05) is 13.3 Å². The van der Waals surface area contributed by atoms with Crippen LogP contribution >= 0.6 is 0 Å². The number of hydrogen-bond donors (Lipinski definition) is 2. The van der Waals surface area contributed by atoms with Crippen molar-refractivity contribution in [1.82, 2.24) is 9.88 Å². The molecule has 5 heteroatoms. The molecule has 20 heavy (non-hydrogen) atoms. The molecule has 0 amide bonds. The number of aryl methyl sites for hydroxylation is 1. The fourth-order valence-corrected chi connectivity index (χ4v) is 2.99. The van der Waals surface area contributed by atoms with Crippen LogP contribution in [0.3, 0.4) is 0 Å². The topological polar surface area (TPSA) is 73.7 Å². The van der Waals surface area contributed by atoms with E-state index in [1.165, 1.54) is 0 Å². The molecule has 2 heterocycles. The third-order valence-electron chi connectivity index (χ3n) is 4.08. The molecule has 1 fully saturated rings. The number of rotatable bonds is 5. The Kier molecular flexibility index (Phi) is 4.28. The molecule has 0 spiro atoms. The van der Waals surface area contributed by atoms with Gasteiger partial charge in [-0.15, -0.1) is 0 Å². The molecule has 0 aromatic carbocycles. The Morgan fingerprint density at radius 1 is 1.50 bits per heavy atom. The summed E-state index contributed by atoms with van der Waals surface area (Å²) in [5.41, 5.74) is 0.853. The first-order valence-corrected chi connectivity index (χ1v) is 7.08. The Hall–Kier alpha value is -1.62. The van der Waals surface area contributed by atoms with Crippen molar-refractivity contribution in [2.75, 3.05) is 13.1 Å². The van der Waals surface area contributed by atoms with Crippen LogP contribution in [0.4, 0.5) is 0 Å². The van der Waals surface area contributed by atoms with E-state index in [1.54, 1.807) is 12.1 Å². The van der Waals surface area contributed by atoms with Crippen molar-refractivity contribution in [3.8, 4) is 5.75 Å². The maximum Gasteiger partial charge on any atom is 0.310 e. The highest BCUT2D eigenvalue weighted by atomic mass is 16.4. The van der Waals surface area contributed by atoms with Crippen LogP contribution in [0.5, 0.6) is 5.75 Å². The first-order chi connectivity index (χ1) is 9.47. The third-order valence-corrected chi connectivity index (χ3v) is 4.08. The van der Waals surface area contributed by atoms with Crippen molar-refractivity contribution < 1.29 is 15.0 Å². The van der Waals surface area contributed by atoms with Crippen molar-refractivity contribution >= 4 is 5.97 Å². The summed E-state index contributed by atoms with van der Waals surface area (Å²) >= 11 is 0. The number of carbonyl (C=O) groups is 1. The quantitative estimate of drug-likeness (QED) is 0.863. The lowest BCUT2D eigenvalue weighted by Crippen LogP contribution is -2.34. The van der Waals surface area contributed by atoms with Gasteiger partial charge in [0.1, 0.15) is 5.75 Å². The molecule has 0 radical (unpaired) electrons. The van der Waals surface area contributed by atoms with Crippen molar-refractivity contribution in [2.45, 2.75) is 39.7 Å². The number of carboxylic acid groups (broad SMARTS) is 1. The zero-order valence-electron chi connectivity index (χ0n) is 12.1. The zero-order valence-corrected chi connectivity index (χ0v) is 12.1. The van der Waals surface area contributed by atoms with Gasteiger partial charge in [0.25, 0.3) is 0 Å². The van der Waals surface area contributed by atoms with Gasteiger partial charge < -0.3 is 10.2 Å². The van der Waals surface area contributed by atoms with Crippen molar-refractivity contribution in [1.29, 1.82) is 0 Å². The first kappa shape index (κ1) is 14.8. The van der Waals surface area contributed by atoms with Gasteiger partial charge >= 0.3 is 5.97 Å². The van der Waals surface area contributed by atoms with Crippen LogP contribution in [0.25, 0.3) is 0 Å². The minimum absolute atomic E-state index is 0.180. The Bertz CT molecular complexity index is 504. The first-order valence-electron chi connectivity index (χ1n) is 7.08. The lowest BCUT2D eigenvalue weighted by atomic mass is 9.83. The van der Waals surface area contributed by atoms with Crippen molar-refractivity contribution in [2.24, 2.45) is 5.41 Å². The average Bonchev–Trinajstić information content (AvgIpc) is 2.79. The minimum Gasteiger partial charge on any atom is -0.506 e. The SMILES string of the molecule is CCCC1(C(=O)O)CCN(Cc2nc(C)ccc2O)C1. The predicted octanol–water partition coefficient (Wildman–Crippen LogP) is 2.17.